The molecule has 0 radical (unpaired) electrons. The number of nitriles is 1. The van der Waals surface area contributed by atoms with Crippen molar-refractivity contribution in [3.8, 4) is 23.1 Å². The summed E-state index contributed by atoms with van der Waals surface area (Å²) in [4.78, 5) is 4.11. The van der Waals surface area contributed by atoms with Crippen LogP contribution < -0.4 is 10.5 Å². The molecular weight excluding hydrogens is 214 g/mol. The molecule has 2 aromatic rings. The van der Waals surface area contributed by atoms with Gasteiger partial charge in [0.15, 0.2) is 0 Å². The van der Waals surface area contributed by atoms with Crippen LogP contribution in [0.25, 0.3) is 11.1 Å². The van der Waals surface area contributed by atoms with Gasteiger partial charge in [-0.15, -0.1) is 0 Å². The van der Waals surface area contributed by atoms with E-state index in [0.717, 1.165) is 11.1 Å². The number of hydrogen-bond donors (Lipinski definition) is 1. The van der Waals surface area contributed by atoms with Gasteiger partial charge in [-0.05, 0) is 12.1 Å². The third kappa shape index (κ3) is 2.04. The normalized spacial score (nSPS) is 9.65. The van der Waals surface area contributed by atoms with Crippen molar-refractivity contribution >= 4 is 5.69 Å². The Morgan fingerprint density at radius 1 is 1.29 bits per heavy atom. The highest BCUT2D eigenvalue weighted by Crippen LogP contribution is 2.28. The van der Waals surface area contributed by atoms with Crippen LogP contribution in [-0.2, 0) is 0 Å². The smallest absolute Gasteiger partial charge is 0.212 e. The first-order valence-corrected chi connectivity index (χ1v) is 5.05. The molecule has 84 valence electrons. The molecule has 2 rings (SSSR count). The zero-order valence-corrected chi connectivity index (χ0v) is 9.34. The number of rotatable bonds is 2. The fourth-order valence-electron chi connectivity index (χ4n) is 1.57. The molecule has 0 aliphatic carbocycles. The molecule has 0 amide bonds. The lowest BCUT2D eigenvalue weighted by molar-refractivity contribution is 0.398. The first-order chi connectivity index (χ1) is 8.26. The SMILES string of the molecule is COc1ccc(-c2cccc(C#N)c2N)cn1. The van der Waals surface area contributed by atoms with Crippen molar-refractivity contribution in [1.82, 2.24) is 4.98 Å². The first kappa shape index (κ1) is 11.0. The number of benzene rings is 1. The number of aromatic nitrogens is 1. The lowest BCUT2D eigenvalue weighted by Crippen LogP contribution is -1.95. The zero-order valence-electron chi connectivity index (χ0n) is 9.34. The topological polar surface area (TPSA) is 71.9 Å². The quantitative estimate of drug-likeness (QED) is 0.795. The fraction of sp³-hybridized carbons (Fsp3) is 0.0769. The van der Waals surface area contributed by atoms with Gasteiger partial charge in [-0.3, -0.25) is 0 Å². The van der Waals surface area contributed by atoms with Crippen LogP contribution in [0.15, 0.2) is 36.5 Å². The van der Waals surface area contributed by atoms with E-state index < -0.39 is 0 Å². The molecule has 1 heterocycles. The van der Waals surface area contributed by atoms with Crippen molar-refractivity contribution in [2.45, 2.75) is 0 Å². The Labute approximate surface area is 99.3 Å². The Morgan fingerprint density at radius 2 is 2.12 bits per heavy atom. The number of nitrogens with zero attached hydrogens (tertiary/aromatic N) is 2. The van der Waals surface area contributed by atoms with Gasteiger partial charge < -0.3 is 10.5 Å². The van der Waals surface area contributed by atoms with E-state index in [4.69, 9.17) is 15.7 Å². The number of hydrogen-bond acceptors (Lipinski definition) is 4. The summed E-state index contributed by atoms with van der Waals surface area (Å²) < 4.78 is 4.99. The Morgan fingerprint density at radius 3 is 2.71 bits per heavy atom. The van der Waals surface area contributed by atoms with Gasteiger partial charge in [0.25, 0.3) is 0 Å². The number of anilines is 1. The molecule has 0 atom stereocenters. The van der Waals surface area contributed by atoms with Crippen LogP contribution in [-0.4, -0.2) is 12.1 Å². The van der Waals surface area contributed by atoms with Gasteiger partial charge in [0.1, 0.15) is 6.07 Å². The monoisotopic (exact) mass is 225 g/mol. The van der Waals surface area contributed by atoms with E-state index in [1.807, 2.05) is 12.1 Å². The van der Waals surface area contributed by atoms with Crippen molar-refractivity contribution in [3.05, 3.63) is 42.1 Å². The number of methoxy groups -OCH3 is 1. The minimum Gasteiger partial charge on any atom is -0.481 e. The number of para-hydroxylation sites is 1. The molecule has 0 saturated heterocycles. The minimum atomic E-state index is 0.471. The van der Waals surface area contributed by atoms with Crippen LogP contribution in [0.1, 0.15) is 5.56 Å². The van der Waals surface area contributed by atoms with E-state index in [1.54, 1.807) is 31.5 Å². The summed E-state index contributed by atoms with van der Waals surface area (Å²) in [5, 5.41) is 8.91. The maximum Gasteiger partial charge on any atom is 0.212 e. The van der Waals surface area contributed by atoms with E-state index in [1.165, 1.54) is 0 Å². The highest BCUT2D eigenvalue weighted by atomic mass is 16.5. The summed E-state index contributed by atoms with van der Waals surface area (Å²) in [7, 11) is 1.56. The second-order valence-electron chi connectivity index (χ2n) is 3.47. The molecule has 0 aliphatic rings. The maximum atomic E-state index is 8.91. The van der Waals surface area contributed by atoms with Gasteiger partial charge in [-0.25, -0.2) is 4.98 Å². The van der Waals surface area contributed by atoms with Crippen LogP contribution in [0.4, 0.5) is 5.69 Å². The highest BCUT2D eigenvalue weighted by Gasteiger charge is 2.07. The minimum absolute atomic E-state index is 0.471. The second kappa shape index (κ2) is 4.54. The van der Waals surface area contributed by atoms with Gasteiger partial charge in [0.2, 0.25) is 5.88 Å². The largest absolute Gasteiger partial charge is 0.481 e. The van der Waals surface area contributed by atoms with Gasteiger partial charge in [0, 0.05) is 23.4 Å². The molecule has 0 unspecified atom stereocenters. The third-order valence-corrected chi connectivity index (χ3v) is 2.48. The molecule has 2 N–H and O–H groups in total. The predicted octanol–water partition coefficient (Wildman–Crippen LogP) is 2.21. The molecule has 1 aromatic carbocycles. The lowest BCUT2D eigenvalue weighted by atomic mass is 10.0. The molecule has 0 aliphatic heterocycles. The molecule has 4 heteroatoms. The number of ether oxygens (including phenoxy) is 1. The van der Waals surface area contributed by atoms with E-state index in [2.05, 4.69) is 11.1 Å². The lowest BCUT2D eigenvalue weighted by Gasteiger charge is -2.07. The number of nitrogen functional groups attached to an aromatic ring is 1. The number of pyridine rings is 1. The molecule has 0 spiro atoms. The molecule has 4 nitrogen and oxygen atoms in total. The van der Waals surface area contributed by atoms with Crippen molar-refractivity contribution in [1.29, 1.82) is 5.26 Å². The maximum absolute atomic E-state index is 8.91. The summed E-state index contributed by atoms with van der Waals surface area (Å²) in [5.41, 5.74) is 8.53. The predicted molar refractivity (Wildman–Crippen MR) is 65.4 cm³/mol. The van der Waals surface area contributed by atoms with E-state index in [-0.39, 0.29) is 0 Å². The summed E-state index contributed by atoms with van der Waals surface area (Å²) >= 11 is 0. The molecule has 0 fully saturated rings. The Kier molecular flexibility index (Phi) is 2.93. The average Bonchev–Trinajstić information content (AvgIpc) is 2.39. The van der Waals surface area contributed by atoms with Crippen LogP contribution in [0.2, 0.25) is 0 Å². The van der Waals surface area contributed by atoms with Crippen molar-refractivity contribution < 1.29 is 4.74 Å². The van der Waals surface area contributed by atoms with Gasteiger partial charge in [-0.1, -0.05) is 12.1 Å². The molecular formula is C13H11N3O. The van der Waals surface area contributed by atoms with E-state index in [0.29, 0.717) is 17.1 Å². The van der Waals surface area contributed by atoms with Gasteiger partial charge in [-0.2, -0.15) is 5.26 Å². The summed E-state index contributed by atoms with van der Waals surface area (Å²) in [5.74, 6) is 0.545. The Balaban J connectivity index is 2.50. The van der Waals surface area contributed by atoms with Crippen LogP contribution in [0.3, 0.4) is 0 Å². The molecule has 17 heavy (non-hydrogen) atoms. The van der Waals surface area contributed by atoms with Gasteiger partial charge in [0.05, 0.1) is 18.4 Å². The Bertz CT molecular complexity index is 570. The molecule has 0 saturated carbocycles. The van der Waals surface area contributed by atoms with Crippen molar-refractivity contribution in [3.63, 3.8) is 0 Å². The second-order valence-corrected chi connectivity index (χ2v) is 3.47. The molecule has 1 aromatic heterocycles. The van der Waals surface area contributed by atoms with Crippen molar-refractivity contribution in [2.75, 3.05) is 12.8 Å². The van der Waals surface area contributed by atoms with E-state index >= 15 is 0 Å². The number of nitrogens with two attached hydrogens (primary N) is 1. The zero-order chi connectivity index (χ0) is 12.3. The van der Waals surface area contributed by atoms with Crippen molar-refractivity contribution in [2.24, 2.45) is 0 Å². The fourth-order valence-corrected chi connectivity index (χ4v) is 1.57. The van der Waals surface area contributed by atoms with E-state index in [9.17, 15) is 0 Å². The first-order valence-electron chi connectivity index (χ1n) is 5.05. The van der Waals surface area contributed by atoms with Crippen LogP contribution in [0, 0.1) is 11.3 Å². The van der Waals surface area contributed by atoms with Crippen LogP contribution >= 0.6 is 0 Å². The average molecular weight is 225 g/mol. The third-order valence-electron chi connectivity index (χ3n) is 2.48. The highest BCUT2D eigenvalue weighted by molar-refractivity contribution is 5.79. The summed E-state index contributed by atoms with van der Waals surface area (Å²) in [6, 6.07) is 11.0. The molecule has 0 bridgehead atoms. The van der Waals surface area contributed by atoms with Gasteiger partial charge >= 0.3 is 0 Å². The summed E-state index contributed by atoms with van der Waals surface area (Å²) in [6.07, 6.45) is 1.67. The van der Waals surface area contributed by atoms with Crippen LogP contribution in [0.5, 0.6) is 5.88 Å². The Hall–Kier alpha value is -2.54. The summed E-state index contributed by atoms with van der Waals surface area (Å²) in [6.45, 7) is 0. The standard InChI is InChI=1S/C13H11N3O/c1-17-12-6-5-10(8-16-12)11-4-2-3-9(7-14)13(11)15/h2-6,8H,15H2,1H3.